The van der Waals surface area contributed by atoms with E-state index in [2.05, 4.69) is 11.0 Å². The van der Waals surface area contributed by atoms with Crippen molar-refractivity contribution in [1.29, 1.82) is 5.26 Å². The van der Waals surface area contributed by atoms with E-state index in [1.807, 2.05) is 19.1 Å². The number of alkyl halides is 3. The van der Waals surface area contributed by atoms with Crippen LogP contribution in [0.25, 0.3) is 0 Å². The Hall–Kier alpha value is -1.62. The van der Waals surface area contributed by atoms with Gasteiger partial charge in [0, 0.05) is 38.8 Å². The van der Waals surface area contributed by atoms with E-state index in [0.29, 0.717) is 31.7 Å². The van der Waals surface area contributed by atoms with E-state index in [4.69, 9.17) is 5.26 Å². The van der Waals surface area contributed by atoms with Crippen molar-refractivity contribution in [3.8, 4) is 6.07 Å². The van der Waals surface area contributed by atoms with Gasteiger partial charge in [0.2, 0.25) is 0 Å². The molecule has 0 radical (unpaired) electrons. The molecule has 1 aliphatic rings. The van der Waals surface area contributed by atoms with Gasteiger partial charge in [-0.2, -0.15) is 18.4 Å². The van der Waals surface area contributed by atoms with Crippen LogP contribution in [0.2, 0.25) is 0 Å². The fourth-order valence-corrected chi connectivity index (χ4v) is 2.75. The average molecular weight is 327 g/mol. The second-order valence-electron chi connectivity index (χ2n) is 5.95. The van der Waals surface area contributed by atoms with Gasteiger partial charge in [0.1, 0.15) is 0 Å². The number of β-amino-alcohol motifs (C(OH)–C–C–N with tert-alkyl or cyclic N) is 1. The standard InChI is InChI=1S/C16H20F3N3O/c1-12-9-21(10-14-4-2-13(8-20)3-5-14)6-7-22(12)11-15(23)16(17,18)19/h2-5,12,15,23H,6-7,9-11H2,1H3. The first-order chi connectivity index (χ1) is 10.8. The normalized spacial score (nSPS) is 21.8. The first-order valence-corrected chi connectivity index (χ1v) is 7.50. The van der Waals surface area contributed by atoms with Crippen molar-refractivity contribution >= 4 is 0 Å². The summed E-state index contributed by atoms with van der Waals surface area (Å²) in [5.74, 6) is 0. The molecule has 23 heavy (non-hydrogen) atoms. The van der Waals surface area contributed by atoms with E-state index < -0.39 is 12.3 Å². The summed E-state index contributed by atoms with van der Waals surface area (Å²) in [5.41, 5.74) is 1.67. The van der Waals surface area contributed by atoms with Gasteiger partial charge in [0.25, 0.3) is 0 Å². The maximum absolute atomic E-state index is 12.4. The van der Waals surface area contributed by atoms with E-state index in [9.17, 15) is 18.3 Å². The highest BCUT2D eigenvalue weighted by molar-refractivity contribution is 5.31. The van der Waals surface area contributed by atoms with Gasteiger partial charge in [-0.05, 0) is 24.6 Å². The molecule has 2 rings (SSSR count). The maximum atomic E-state index is 12.4. The number of hydrogen-bond donors (Lipinski definition) is 1. The summed E-state index contributed by atoms with van der Waals surface area (Å²) in [4.78, 5) is 3.84. The van der Waals surface area contributed by atoms with E-state index in [-0.39, 0.29) is 12.6 Å². The quantitative estimate of drug-likeness (QED) is 0.919. The third-order valence-corrected chi connectivity index (χ3v) is 4.12. The average Bonchev–Trinajstić information content (AvgIpc) is 2.49. The molecule has 1 fully saturated rings. The molecular weight excluding hydrogens is 307 g/mol. The molecule has 1 aromatic carbocycles. The molecule has 1 aliphatic heterocycles. The molecule has 126 valence electrons. The molecule has 0 saturated carbocycles. The number of aliphatic hydroxyl groups is 1. The minimum atomic E-state index is -4.57. The van der Waals surface area contributed by atoms with Gasteiger partial charge in [-0.15, -0.1) is 0 Å². The monoisotopic (exact) mass is 327 g/mol. The lowest BCUT2D eigenvalue weighted by Crippen LogP contribution is -2.54. The molecule has 1 aromatic rings. The molecule has 0 amide bonds. The summed E-state index contributed by atoms with van der Waals surface area (Å²) < 4.78 is 37.3. The molecular formula is C16H20F3N3O. The molecule has 2 atom stereocenters. The number of aliphatic hydroxyl groups excluding tert-OH is 1. The Morgan fingerprint density at radius 3 is 2.48 bits per heavy atom. The van der Waals surface area contributed by atoms with Crippen molar-refractivity contribution in [3.63, 3.8) is 0 Å². The zero-order valence-electron chi connectivity index (χ0n) is 12.9. The Kier molecular flexibility index (Phi) is 5.63. The van der Waals surface area contributed by atoms with Gasteiger partial charge < -0.3 is 5.11 Å². The van der Waals surface area contributed by atoms with E-state index in [1.54, 1.807) is 17.0 Å². The molecule has 0 bridgehead atoms. The number of rotatable bonds is 4. The maximum Gasteiger partial charge on any atom is 0.415 e. The van der Waals surface area contributed by atoms with Gasteiger partial charge in [0.05, 0.1) is 11.6 Å². The predicted molar refractivity (Wildman–Crippen MR) is 79.5 cm³/mol. The summed E-state index contributed by atoms with van der Waals surface area (Å²) in [5, 5.41) is 18.0. The SMILES string of the molecule is CC1CN(Cc2ccc(C#N)cc2)CCN1CC(O)C(F)(F)F. The smallest absolute Gasteiger partial charge is 0.382 e. The Bertz CT molecular complexity index is 553. The predicted octanol–water partition coefficient (Wildman–Crippen LogP) is 1.99. The van der Waals surface area contributed by atoms with Gasteiger partial charge in [-0.1, -0.05) is 12.1 Å². The molecule has 0 spiro atoms. The van der Waals surface area contributed by atoms with Gasteiger partial charge >= 0.3 is 6.18 Å². The summed E-state index contributed by atoms with van der Waals surface area (Å²) in [6.07, 6.45) is -6.87. The van der Waals surface area contributed by atoms with Crippen molar-refractivity contribution in [2.75, 3.05) is 26.2 Å². The molecule has 1 saturated heterocycles. The number of nitriles is 1. The van der Waals surface area contributed by atoms with Crippen LogP contribution >= 0.6 is 0 Å². The zero-order chi connectivity index (χ0) is 17.0. The van der Waals surface area contributed by atoms with Crippen molar-refractivity contribution in [2.24, 2.45) is 0 Å². The highest BCUT2D eigenvalue weighted by Gasteiger charge is 2.40. The Balaban J connectivity index is 1.87. The number of nitrogens with zero attached hydrogens (tertiary/aromatic N) is 3. The number of halogens is 3. The highest BCUT2D eigenvalue weighted by Crippen LogP contribution is 2.22. The summed E-state index contributed by atoms with van der Waals surface area (Å²) in [6, 6.07) is 9.31. The Labute approximate surface area is 133 Å². The van der Waals surface area contributed by atoms with Crippen molar-refractivity contribution in [1.82, 2.24) is 9.80 Å². The van der Waals surface area contributed by atoms with Crippen molar-refractivity contribution in [3.05, 3.63) is 35.4 Å². The van der Waals surface area contributed by atoms with Gasteiger partial charge in [0.15, 0.2) is 6.10 Å². The number of benzene rings is 1. The fraction of sp³-hybridized carbons (Fsp3) is 0.562. The van der Waals surface area contributed by atoms with Gasteiger partial charge in [-0.3, -0.25) is 9.80 Å². The van der Waals surface area contributed by atoms with Crippen LogP contribution in [0.4, 0.5) is 13.2 Å². The lowest BCUT2D eigenvalue weighted by molar-refractivity contribution is -0.210. The molecule has 7 heteroatoms. The van der Waals surface area contributed by atoms with Crippen LogP contribution in [0.3, 0.4) is 0 Å². The Morgan fingerprint density at radius 2 is 1.96 bits per heavy atom. The first-order valence-electron chi connectivity index (χ1n) is 7.50. The van der Waals surface area contributed by atoms with E-state index in [1.165, 1.54) is 0 Å². The largest absolute Gasteiger partial charge is 0.415 e. The molecule has 4 nitrogen and oxygen atoms in total. The lowest BCUT2D eigenvalue weighted by Gasteiger charge is -2.40. The van der Waals surface area contributed by atoms with Crippen molar-refractivity contribution < 1.29 is 18.3 Å². The third-order valence-electron chi connectivity index (χ3n) is 4.12. The number of piperazine rings is 1. The van der Waals surface area contributed by atoms with Crippen molar-refractivity contribution in [2.45, 2.75) is 31.8 Å². The summed E-state index contributed by atoms with van der Waals surface area (Å²) in [6.45, 7) is 3.97. The minimum Gasteiger partial charge on any atom is -0.382 e. The third kappa shape index (κ3) is 4.93. The van der Waals surface area contributed by atoms with Crippen LogP contribution < -0.4 is 0 Å². The second kappa shape index (κ2) is 7.30. The summed E-state index contributed by atoms with van der Waals surface area (Å²) in [7, 11) is 0. The second-order valence-corrected chi connectivity index (χ2v) is 5.95. The van der Waals surface area contributed by atoms with Crippen LogP contribution in [0.1, 0.15) is 18.1 Å². The van der Waals surface area contributed by atoms with Crippen LogP contribution in [0.5, 0.6) is 0 Å². The Morgan fingerprint density at radius 1 is 1.30 bits per heavy atom. The molecule has 0 aromatic heterocycles. The van der Waals surface area contributed by atoms with Crippen LogP contribution in [-0.2, 0) is 6.54 Å². The van der Waals surface area contributed by atoms with Crippen LogP contribution in [0.15, 0.2) is 24.3 Å². The van der Waals surface area contributed by atoms with Crippen LogP contribution in [-0.4, -0.2) is 59.4 Å². The number of hydrogen-bond acceptors (Lipinski definition) is 4. The highest BCUT2D eigenvalue weighted by atomic mass is 19.4. The minimum absolute atomic E-state index is 0.0564. The molecule has 2 unspecified atom stereocenters. The lowest BCUT2D eigenvalue weighted by atomic mass is 10.1. The molecule has 0 aliphatic carbocycles. The van der Waals surface area contributed by atoms with Crippen LogP contribution in [0, 0.1) is 11.3 Å². The zero-order valence-corrected chi connectivity index (χ0v) is 12.9. The topological polar surface area (TPSA) is 50.5 Å². The van der Waals surface area contributed by atoms with E-state index >= 15 is 0 Å². The van der Waals surface area contributed by atoms with Gasteiger partial charge in [-0.25, -0.2) is 0 Å². The first kappa shape index (κ1) is 17.7. The summed E-state index contributed by atoms with van der Waals surface area (Å²) >= 11 is 0. The molecule has 1 heterocycles. The fourth-order valence-electron chi connectivity index (χ4n) is 2.75. The van der Waals surface area contributed by atoms with E-state index in [0.717, 1.165) is 5.56 Å². The molecule has 1 N–H and O–H groups in total.